The molecule has 8 heteroatoms. The number of carbonyl (C=O) groups is 3. The maximum absolute atomic E-state index is 13.9. The van der Waals surface area contributed by atoms with Crippen molar-refractivity contribution in [2.75, 3.05) is 11.4 Å². The topological polar surface area (TPSA) is 103 Å². The summed E-state index contributed by atoms with van der Waals surface area (Å²) in [4.78, 5) is 47.6. The molecule has 0 spiro atoms. The highest BCUT2D eigenvalue weighted by atomic mass is 16.5. The third-order valence-corrected chi connectivity index (χ3v) is 8.95. The molecule has 1 saturated carbocycles. The summed E-state index contributed by atoms with van der Waals surface area (Å²) in [6.45, 7) is 6.90. The van der Waals surface area contributed by atoms with E-state index in [1.54, 1.807) is 6.07 Å². The molecule has 1 fully saturated rings. The number of ketones is 1. The van der Waals surface area contributed by atoms with E-state index in [1.165, 1.54) is 0 Å². The van der Waals surface area contributed by atoms with Gasteiger partial charge in [-0.25, -0.2) is 4.79 Å². The van der Waals surface area contributed by atoms with Gasteiger partial charge in [0.25, 0.3) is 11.7 Å². The molecule has 3 aromatic carbocycles. The third-order valence-electron chi connectivity index (χ3n) is 8.95. The predicted octanol–water partition coefficient (Wildman–Crippen LogP) is 6.48. The Kier molecular flexibility index (Phi) is 9.71. The first-order chi connectivity index (χ1) is 21.3. The molecule has 5 rings (SSSR count). The summed E-state index contributed by atoms with van der Waals surface area (Å²) in [7, 11) is 0. The molecule has 2 aliphatic rings. The van der Waals surface area contributed by atoms with E-state index < -0.39 is 23.6 Å². The number of anilines is 1. The van der Waals surface area contributed by atoms with Gasteiger partial charge in [0, 0.05) is 19.5 Å². The zero-order chi connectivity index (χ0) is 31.2. The Balaban J connectivity index is 1.41. The normalized spacial score (nSPS) is 21.4. The van der Waals surface area contributed by atoms with E-state index in [0.29, 0.717) is 29.6 Å². The Morgan fingerprint density at radius 3 is 2.27 bits per heavy atom. The molecule has 0 aromatic heterocycles. The van der Waals surface area contributed by atoms with Crippen LogP contribution in [0, 0.1) is 17.8 Å². The van der Waals surface area contributed by atoms with Crippen LogP contribution in [0.5, 0.6) is 0 Å². The summed E-state index contributed by atoms with van der Waals surface area (Å²) < 4.78 is 5.83. The number of amides is 1. The Hall–Kier alpha value is -4.55. The van der Waals surface area contributed by atoms with Crippen LogP contribution in [0.25, 0.3) is 5.53 Å². The van der Waals surface area contributed by atoms with Crippen LogP contribution in [0.4, 0.5) is 5.69 Å². The molecule has 228 valence electrons. The first-order valence-corrected chi connectivity index (χ1v) is 15.5. The Bertz CT molecular complexity index is 1530. The van der Waals surface area contributed by atoms with E-state index in [4.69, 9.17) is 4.74 Å². The molecule has 3 aromatic rings. The van der Waals surface area contributed by atoms with Crippen molar-refractivity contribution in [3.05, 3.63) is 107 Å². The van der Waals surface area contributed by atoms with Crippen molar-refractivity contribution in [1.29, 1.82) is 0 Å². The summed E-state index contributed by atoms with van der Waals surface area (Å²) >= 11 is 0. The second-order valence-electron chi connectivity index (χ2n) is 12.3. The van der Waals surface area contributed by atoms with E-state index >= 15 is 0 Å². The Morgan fingerprint density at radius 2 is 1.59 bits per heavy atom. The Labute approximate surface area is 259 Å². The zero-order valence-electron chi connectivity index (χ0n) is 25.6. The molecule has 1 heterocycles. The van der Waals surface area contributed by atoms with Crippen LogP contribution < -0.4 is 4.90 Å². The lowest BCUT2D eigenvalue weighted by molar-refractivity contribution is -0.153. The smallest absolute Gasteiger partial charge is 0.441 e. The highest BCUT2D eigenvalue weighted by molar-refractivity contribution is 6.62. The van der Waals surface area contributed by atoms with Crippen molar-refractivity contribution in [3.63, 3.8) is 0 Å². The van der Waals surface area contributed by atoms with Gasteiger partial charge in [0.2, 0.25) is 0 Å². The van der Waals surface area contributed by atoms with Gasteiger partial charge in [-0.05, 0) is 53.9 Å². The van der Waals surface area contributed by atoms with Crippen LogP contribution in [0.15, 0.2) is 84.9 Å². The molecule has 0 saturated heterocycles. The lowest BCUT2D eigenvalue weighted by Gasteiger charge is -2.46. The summed E-state index contributed by atoms with van der Waals surface area (Å²) in [5.74, 6) is -0.692. The molecular weight excluding hydrogens is 552 g/mol. The quantitative estimate of drug-likeness (QED) is 0.0881. The van der Waals surface area contributed by atoms with Crippen LogP contribution in [0.3, 0.4) is 0 Å². The number of hydrogen-bond donors (Lipinski definition) is 0. The van der Waals surface area contributed by atoms with Crippen LogP contribution in [0.1, 0.15) is 74.1 Å². The van der Waals surface area contributed by atoms with Crippen LogP contribution in [0.2, 0.25) is 0 Å². The molecule has 0 N–H and O–H groups in total. The van der Waals surface area contributed by atoms with Gasteiger partial charge in [0.15, 0.2) is 0 Å². The maximum atomic E-state index is 13.9. The van der Waals surface area contributed by atoms with Gasteiger partial charge < -0.3 is 20.1 Å². The summed E-state index contributed by atoms with van der Waals surface area (Å²) in [6, 6.07) is 26.8. The SMILES string of the molecule is CC(C)[C@@H]1CC[C@@H](C)C[C@H]1OC(=O)C(=[N+]=[N-])C(=O)CCN1c2ccccc2C(=O)N(Cc2ccccc2)C1c1ccccc1. The van der Waals surface area contributed by atoms with Crippen molar-refractivity contribution in [3.8, 4) is 0 Å². The molecule has 8 nitrogen and oxygen atoms in total. The number of ether oxygens (including phenoxy) is 1. The number of carbonyl (C=O) groups excluding carboxylic acids is 3. The summed E-state index contributed by atoms with van der Waals surface area (Å²) in [5.41, 5.74) is 12.3. The summed E-state index contributed by atoms with van der Waals surface area (Å²) in [5, 5.41) is 0. The van der Waals surface area contributed by atoms with Gasteiger partial charge in [-0.15, -0.1) is 0 Å². The number of para-hydroxylation sites is 1. The minimum absolute atomic E-state index is 0.108. The molecule has 44 heavy (non-hydrogen) atoms. The highest BCUT2D eigenvalue weighted by Gasteiger charge is 2.41. The van der Waals surface area contributed by atoms with E-state index in [-0.39, 0.29) is 30.9 Å². The van der Waals surface area contributed by atoms with Gasteiger partial charge in [0.1, 0.15) is 12.3 Å². The molecule has 1 amide bonds. The highest BCUT2D eigenvalue weighted by Crippen LogP contribution is 2.40. The number of hydrogen-bond acceptors (Lipinski definition) is 5. The first kappa shape index (κ1) is 30.9. The number of fused-ring (bicyclic) bond motifs is 1. The van der Waals surface area contributed by atoms with Gasteiger partial charge in [-0.1, -0.05) is 100.0 Å². The lowest BCUT2D eigenvalue weighted by atomic mass is 9.75. The van der Waals surface area contributed by atoms with Crippen LogP contribution >= 0.6 is 0 Å². The molecule has 1 aliphatic carbocycles. The fraction of sp³-hybridized carbons (Fsp3) is 0.389. The molecule has 0 bridgehead atoms. The lowest BCUT2D eigenvalue weighted by Crippen LogP contribution is -2.50. The van der Waals surface area contributed by atoms with Gasteiger partial charge >= 0.3 is 11.7 Å². The van der Waals surface area contributed by atoms with Crippen molar-refractivity contribution in [2.45, 2.75) is 65.3 Å². The van der Waals surface area contributed by atoms with Crippen LogP contribution in [-0.4, -0.2) is 45.7 Å². The number of benzene rings is 3. The predicted molar refractivity (Wildman–Crippen MR) is 169 cm³/mol. The van der Waals surface area contributed by atoms with Crippen LogP contribution in [-0.2, 0) is 20.9 Å². The largest absolute Gasteiger partial charge is 0.453 e. The molecular formula is C36H40N4O4. The standard InChI is InChI=1S/C36H40N4O4/c1-24(2)28-19-18-25(3)22-32(28)44-36(43)33(38-37)31(41)20-21-39-30-17-11-10-16-29(30)35(42)40(23-26-12-6-4-7-13-26)34(39)27-14-8-5-9-15-27/h4-17,24-25,28,32,34H,18-23H2,1-3H3/t25-,28+,32-,34?/m1/s1. The number of esters is 1. The second-order valence-corrected chi connectivity index (χ2v) is 12.3. The maximum Gasteiger partial charge on any atom is 0.441 e. The van der Waals surface area contributed by atoms with Crippen molar-refractivity contribution in [2.24, 2.45) is 17.8 Å². The molecule has 4 atom stereocenters. The van der Waals surface area contributed by atoms with Gasteiger partial charge in [-0.3, -0.25) is 9.59 Å². The zero-order valence-corrected chi connectivity index (χ0v) is 25.6. The Morgan fingerprint density at radius 1 is 0.932 bits per heavy atom. The molecule has 1 aliphatic heterocycles. The van der Waals surface area contributed by atoms with Gasteiger partial charge in [0.05, 0.1) is 11.3 Å². The van der Waals surface area contributed by atoms with E-state index in [9.17, 15) is 19.9 Å². The molecule has 0 radical (unpaired) electrons. The first-order valence-electron chi connectivity index (χ1n) is 15.5. The summed E-state index contributed by atoms with van der Waals surface area (Å²) in [6.07, 6.45) is 1.78. The van der Waals surface area contributed by atoms with Crippen molar-refractivity contribution in [1.82, 2.24) is 4.90 Å². The van der Waals surface area contributed by atoms with Crippen molar-refractivity contribution >= 4 is 29.1 Å². The van der Waals surface area contributed by atoms with Crippen molar-refractivity contribution < 1.29 is 23.9 Å². The number of rotatable bonds is 10. The van der Waals surface area contributed by atoms with E-state index in [0.717, 1.165) is 30.4 Å². The minimum atomic E-state index is -0.887. The van der Waals surface area contributed by atoms with E-state index in [2.05, 4.69) is 25.6 Å². The molecule has 1 unspecified atom stereocenters. The van der Waals surface area contributed by atoms with E-state index in [1.807, 2.05) is 88.7 Å². The average molecular weight is 593 g/mol. The van der Waals surface area contributed by atoms with Gasteiger partial charge in [-0.2, -0.15) is 4.79 Å². The third kappa shape index (κ3) is 6.66. The fourth-order valence-electron chi connectivity index (χ4n) is 6.63. The number of nitrogens with zero attached hydrogens (tertiary/aromatic N) is 4. The average Bonchev–Trinajstić information content (AvgIpc) is 3.03. The fourth-order valence-corrected chi connectivity index (χ4v) is 6.63. The second kappa shape index (κ2) is 13.8. The monoisotopic (exact) mass is 592 g/mol. The minimum Gasteiger partial charge on any atom is -0.453 e. The number of Topliss-reactive ketones (excluding diaryl/α,β-unsaturated/α-hetero) is 1.